The van der Waals surface area contributed by atoms with Crippen LogP contribution in [0.1, 0.15) is 6.42 Å². The lowest BCUT2D eigenvalue weighted by Crippen LogP contribution is -2.24. The summed E-state index contributed by atoms with van der Waals surface area (Å²) in [6.07, 6.45) is 0.333. The molecule has 1 saturated heterocycles. The van der Waals surface area contributed by atoms with E-state index in [1.54, 1.807) is 6.07 Å². The molecule has 17 heavy (non-hydrogen) atoms. The number of nitrogens with zero attached hydrogens (tertiary/aromatic N) is 1. The molecule has 5 nitrogen and oxygen atoms in total. The second-order valence-corrected chi connectivity index (χ2v) is 5.99. The molecule has 0 radical (unpaired) electrons. The Kier molecular flexibility index (Phi) is 3.15. The van der Waals surface area contributed by atoms with E-state index in [4.69, 9.17) is 4.55 Å². The van der Waals surface area contributed by atoms with Gasteiger partial charge in [0.1, 0.15) is 0 Å². The molecule has 1 aromatic carbocycles. The van der Waals surface area contributed by atoms with E-state index < -0.39 is 10.1 Å². The summed E-state index contributed by atoms with van der Waals surface area (Å²) in [7, 11) is -4.24. The Morgan fingerprint density at radius 1 is 1.41 bits per heavy atom. The van der Waals surface area contributed by atoms with Gasteiger partial charge in [0.25, 0.3) is 10.1 Å². The Morgan fingerprint density at radius 2 is 2.12 bits per heavy atom. The van der Waals surface area contributed by atoms with Gasteiger partial charge in [0, 0.05) is 23.9 Å². The van der Waals surface area contributed by atoms with Crippen LogP contribution in [0.2, 0.25) is 0 Å². The number of hydrogen-bond donors (Lipinski definition) is 2. The van der Waals surface area contributed by atoms with Gasteiger partial charge in [0.05, 0.1) is 4.90 Å². The highest BCUT2D eigenvalue weighted by Crippen LogP contribution is 2.25. The Labute approximate surface area is 105 Å². The molecule has 0 bridgehead atoms. The summed E-state index contributed by atoms with van der Waals surface area (Å²) >= 11 is 4.21. The third kappa shape index (κ3) is 2.62. The predicted octanol–water partition coefficient (Wildman–Crippen LogP) is 0.968. The van der Waals surface area contributed by atoms with Crippen LogP contribution in [0.5, 0.6) is 0 Å². The highest BCUT2D eigenvalue weighted by Gasteiger charge is 2.28. The third-order valence-corrected chi connectivity index (χ3v) is 3.73. The molecule has 1 unspecified atom stereocenters. The summed E-state index contributed by atoms with van der Waals surface area (Å²) in [5.41, 5.74) is 0.460. The third-order valence-electron chi connectivity index (χ3n) is 2.53. The van der Waals surface area contributed by atoms with E-state index in [0.29, 0.717) is 18.7 Å². The molecule has 0 aromatic heterocycles. The van der Waals surface area contributed by atoms with Crippen molar-refractivity contribution in [2.75, 3.05) is 11.4 Å². The quantitative estimate of drug-likeness (QED) is 0.622. The molecule has 1 aliphatic heterocycles. The van der Waals surface area contributed by atoms with Crippen molar-refractivity contribution in [3.8, 4) is 0 Å². The van der Waals surface area contributed by atoms with E-state index in [1.807, 2.05) is 0 Å². The normalized spacial score (nSPS) is 20.9. The molecule has 1 N–H and O–H groups in total. The van der Waals surface area contributed by atoms with Gasteiger partial charge in [-0.05, 0) is 18.2 Å². The number of thiol groups is 1. The van der Waals surface area contributed by atoms with Crippen molar-refractivity contribution < 1.29 is 17.8 Å². The minimum Gasteiger partial charge on any atom is -0.311 e. The number of rotatable bonds is 2. The van der Waals surface area contributed by atoms with Gasteiger partial charge in [0.2, 0.25) is 5.91 Å². The molecular weight excluding hydrogens is 262 g/mol. The smallest absolute Gasteiger partial charge is 0.294 e. The first-order valence-electron chi connectivity index (χ1n) is 4.94. The summed E-state index contributed by atoms with van der Waals surface area (Å²) in [6.45, 7) is 0.441. The van der Waals surface area contributed by atoms with Gasteiger partial charge in [-0.2, -0.15) is 21.0 Å². The van der Waals surface area contributed by atoms with E-state index >= 15 is 0 Å². The highest BCUT2D eigenvalue weighted by molar-refractivity contribution is 7.85. The molecule has 0 aliphatic carbocycles. The maximum absolute atomic E-state index is 11.6. The van der Waals surface area contributed by atoms with Crippen LogP contribution < -0.4 is 4.90 Å². The van der Waals surface area contributed by atoms with Crippen LogP contribution >= 0.6 is 12.6 Å². The molecule has 1 aliphatic rings. The minimum atomic E-state index is -4.24. The Balaban J connectivity index is 2.38. The van der Waals surface area contributed by atoms with Crippen molar-refractivity contribution in [1.82, 2.24) is 0 Å². The summed E-state index contributed by atoms with van der Waals surface area (Å²) in [5, 5.41) is -0.0445. The van der Waals surface area contributed by atoms with Gasteiger partial charge in [-0.3, -0.25) is 9.35 Å². The number of benzene rings is 1. The second kappa shape index (κ2) is 4.32. The first-order valence-corrected chi connectivity index (χ1v) is 6.89. The minimum absolute atomic E-state index is 0.0445. The van der Waals surface area contributed by atoms with Gasteiger partial charge in [-0.25, -0.2) is 0 Å². The fraction of sp³-hybridized carbons (Fsp3) is 0.300. The number of carbonyl (C=O) groups excluding carboxylic acids is 1. The highest BCUT2D eigenvalue weighted by atomic mass is 32.2. The van der Waals surface area contributed by atoms with E-state index in [-0.39, 0.29) is 16.1 Å². The zero-order chi connectivity index (χ0) is 12.6. The SMILES string of the molecule is O=C1CC(S)CN1c1cccc(S(=O)(=O)O)c1. The molecule has 7 heteroatoms. The fourth-order valence-corrected chi connectivity index (χ4v) is 2.59. The summed E-state index contributed by atoms with van der Waals surface area (Å²) in [4.78, 5) is 12.9. The van der Waals surface area contributed by atoms with Crippen molar-refractivity contribution in [3.05, 3.63) is 24.3 Å². The predicted molar refractivity (Wildman–Crippen MR) is 66.0 cm³/mol. The van der Waals surface area contributed by atoms with Crippen molar-refractivity contribution in [2.24, 2.45) is 0 Å². The molecule has 0 saturated carbocycles. The lowest BCUT2D eigenvalue weighted by Gasteiger charge is -2.16. The maximum Gasteiger partial charge on any atom is 0.294 e. The van der Waals surface area contributed by atoms with Gasteiger partial charge in [-0.1, -0.05) is 6.07 Å². The van der Waals surface area contributed by atoms with Gasteiger partial charge in [0.15, 0.2) is 0 Å². The first kappa shape index (κ1) is 12.4. The van der Waals surface area contributed by atoms with Crippen LogP contribution in [0.15, 0.2) is 29.2 Å². The van der Waals surface area contributed by atoms with Crippen molar-refractivity contribution in [2.45, 2.75) is 16.6 Å². The largest absolute Gasteiger partial charge is 0.311 e. The van der Waals surface area contributed by atoms with Crippen LogP contribution in [0.25, 0.3) is 0 Å². The Bertz CT molecular complexity index is 555. The van der Waals surface area contributed by atoms with Crippen LogP contribution in [-0.2, 0) is 14.9 Å². The Morgan fingerprint density at radius 3 is 2.65 bits per heavy atom. The fourth-order valence-electron chi connectivity index (χ4n) is 1.75. The molecule has 0 spiro atoms. The summed E-state index contributed by atoms with van der Waals surface area (Å²) in [6, 6.07) is 5.66. The van der Waals surface area contributed by atoms with Crippen molar-refractivity contribution in [3.63, 3.8) is 0 Å². The lowest BCUT2D eigenvalue weighted by molar-refractivity contribution is -0.117. The average Bonchev–Trinajstić information content (AvgIpc) is 2.57. The van der Waals surface area contributed by atoms with Gasteiger partial charge >= 0.3 is 0 Å². The molecule has 2 rings (SSSR count). The van der Waals surface area contributed by atoms with Crippen LogP contribution in [0, 0.1) is 0 Å². The van der Waals surface area contributed by atoms with E-state index in [2.05, 4.69) is 12.6 Å². The number of amides is 1. The van der Waals surface area contributed by atoms with Gasteiger partial charge < -0.3 is 4.90 Å². The monoisotopic (exact) mass is 273 g/mol. The molecule has 92 valence electrons. The maximum atomic E-state index is 11.6. The Hall–Kier alpha value is -1.05. The van der Waals surface area contributed by atoms with Crippen molar-refractivity contribution >= 4 is 34.3 Å². The molecule has 1 fully saturated rings. The molecular formula is C10H11NO4S2. The zero-order valence-electron chi connectivity index (χ0n) is 8.78. The number of hydrogen-bond acceptors (Lipinski definition) is 4. The van der Waals surface area contributed by atoms with Gasteiger partial charge in [-0.15, -0.1) is 0 Å². The van der Waals surface area contributed by atoms with Crippen molar-refractivity contribution in [1.29, 1.82) is 0 Å². The number of anilines is 1. The molecule has 1 aromatic rings. The molecule has 1 amide bonds. The first-order chi connectivity index (χ1) is 7.88. The van der Waals surface area contributed by atoms with Crippen LogP contribution in [0.4, 0.5) is 5.69 Å². The van der Waals surface area contributed by atoms with E-state index in [9.17, 15) is 13.2 Å². The second-order valence-electron chi connectivity index (χ2n) is 3.83. The van der Waals surface area contributed by atoms with E-state index in [0.717, 1.165) is 0 Å². The number of carbonyl (C=O) groups is 1. The van der Waals surface area contributed by atoms with Crippen LogP contribution in [-0.4, -0.2) is 30.7 Å². The van der Waals surface area contributed by atoms with Crippen LogP contribution in [0.3, 0.4) is 0 Å². The average molecular weight is 273 g/mol. The molecule has 1 atom stereocenters. The van der Waals surface area contributed by atoms with E-state index in [1.165, 1.54) is 23.1 Å². The summed E-state index contributed by atoms with van der Waals surface area (Å²) < 4.78 is 30.9. The lowest BCUT2D eigenvalue weighted by atomic mass is 10.3. The zero-order valence-corrected chi connectivity index (χ0v) is 10.5. The summed E-state index contributed by atoms with van der Waals surface area (Å²) in [5.74, 6) is -0.0995. The topological polar surface area (TPSA) is 74.7 Å². The molecule has 1 heterocycles. The standard InChI is InChI=1S/C10H11NO4S2/c12-10-5-8(16)6-11(10)7-2-1-3-9(4-7)17(13,14)15/h1-4,8,16H,5-6H2,(H,13,14,15).